The zero-order valence-electron chi connectivity index (χ0n) is 30.7. The van der Waals surface area contributed by atoms with Crippen LogP contribution in [0, 0.1) is 0 Å². The number of nitrogens with zero attached hydrogens (tertiary/aromatic N) is 3. The summed E-state index contributed by atoms with van der Waals surface area (Å²) in [7, 11) is 0. The van der Waals surface area contributed by atoms with Crippen molar-refractivity contribution in [2.24, 2.45) is 5.73 Å². The molecule has 0 aliphatic carbocycles. The third kappa shape index (κ3) is 22.2. The highest BCUT2D eigenvalue weighted by molar-refractivity contribution is 5.92. The molecule has 11 N–H and O–H groups in total. The normalized spacial score (nSPS) is 13.5. The topological polar surface area (TPSA) is 355 Å². The summed E-state index contributed by atoms with van der Waals surface area (Å²) in [5.41, 5.74) is 6.39. The molecule has 0 aromatic carbocycles. The van der Waals surface area contributed by atoms with Gasteiger partial charge in [0, 0.05) is 37.9 Å². The van der Waals surface area contributed by atoms with Crippen molar-refractivity contribution in [2.75, 3.05) is 19.6 Å². The van der Waals surface area contributed by atoms with Crippen molar-refractivity contribution in [1.29, 1.82) is 0 Å². The van der Waals surface area contributed by atoms with Crippen LogP contribution in [0.2, 0.25) is 0 Å². The Labute approximate surface area is 315 Å². The standard InChI is InChI=1S/C33H50N6O16/c1-19(16-28(43)44)13-25(40)37(53)10-4-7-22(34)31(49)35-23(8-5-11-38(54)26(41)14-20(2)17-29(45)46)32(50)36-24(33(51)52)9-6-12-39(55)27(42)15-21(3)18-30(47)48/h13-15,22-24,53-55H,4-12,16-18,34H2,1-3H3,(H,35,49)(H,36,50)(H,43,44)(H,45,46)(H,47,48)(H,51,52). The highest BCUT2D eigenvalue weighted by Crippen LogP contribution is 2.09. The van der Waals surface area contributed by atoms with Gasteiger partial charge in [0.05, 0.1) is 25.3 Å². The fraction of sp³-hybridized carbons (Fsp3) is 0.545. The molecule has 0 radical (unpaired) electrons. The Bertz CT molecular complexity index is 1510. The first kappa shape index (κ1) is 49.3. The maximum Gasteiger partial charge on any atom is 0.326 e. The van der Waals surface area contributed by atoms with E-state index >= 15 is 0 Å². The number of hydrogen-bond acceptors (Lipinski definition) is 13. The van der Waals surface area contributed by atoms with Gasteiger partial charge in [-0.25, -0.2) is 20.0 Å². The first-order valence-electron chi connectivity index (χ1n) is 16.8. The Morgan fingerprint density at radius 1 is 0.527 bits per heavy atom. The van der Waals surface area contributed by atoms with Crippen molar-refractivity contribution in [3.8, 4) is 0 Å². The number of carbonyl (C=O) groups is 9. The smallest absolute Gasteiger partial charge is 0.326 e. The van der Waals surface area contributed by atoms with Gasteiger partial charge in [0.15, 0.2) is 0 Å². The molecule has 0 rings (SSSR count). The van der Waals surface area contributed by atoms with E-state index in [1.807, 2.05) is 0 Å². The average Bonchev–Trinajstić information content (AvgIpc) is 3.05. The van der Waals surface area contributed by atoms with E-state index in [4.69, 9.17) is 21.1 Å². The fourth-order valence-electron chi connectivity index (χ4n) is 4.61. The van der Waals surface area contributed by atoms with Gasteiger partial charge in [0.1, 0.15) is 12.1 Å². The van der Waals surface area contributed by atoms with Gasteiger partial charge in [0.2, 0.25) is 11.8 Å². The SMILES string of the molecule is CC(=CC(=O)N(O)CCCC(N)C(=O)NC(CCCN(O)C(=O)C=C(C)CC(=O)O)C(=O)NC(CCCN(O)C(=O)C=C(C)CC(=O)O)C(=O)O)CC(=O)O. The minimum Gasteiger partial charge on any atom is -0.481 e. The second-order valence-corrected chi connectivity index (χ2v) is 12.6. The Morgan fingerprint density at radius 3 is 1.16 bits per heavy atom. The zero-order valence-corrected chi connectivity index (χ0v) is 30.7. The van der Waals surface area contributed by atoms with Gasteiger partial charge in [-0.2, -0.15) is 0 Å². The summed E-state index contributed by atoms with van der Waals surface area (Å²) in [5.74, 6) is -9.89. The van der Waals surface area contributed by atoms with Crippen LogP contribution in [0.3, 0.4) is 0 Å². The summed E-state index contributed by atoms with van der Waals surface area (Å²) in [6.45, 7) is 2.96. The van der Waals surface area contributed by atoms with Crippen molar-refractivity contribution in [3.63, 3.8) is 0 Å². The van der Waals surface area contributed by atoms with Crippen LogP contribution >= 0.6 is 0 Å². The predicted octanol–water partition coefficient (Wildman–Crippen LogP) is -0.375. The van der Waals surface area contributed by atoms with E-state index in [2.05, 4.69) is 10.6 Å². The summed E-state index contributed by atoms with van der Waals surface area (Å²) in [4.78, 5) is 107. The number of hydrogen-bond donors (Lipinski definition) is 10. The first-order valence-corrected chi connectivity index (χ1v) is 16.8. The number of aliphatic carboxylic acids is 4. The third-order valence-electron chi connectivity index (χ3n) is 7.36. The number of hydroxylamine groups is 6. The monoisotopic (exact) mass is 786 g/mol. The molecule has 22 heteroatoms. The number of amides is 5. The number of nitrogens with one attached hydrogen (secondary N) is 2. The summed E-state index contributed by atoms with van der Waals surface area (Å²) in [6, 6.07) is -4.42. The van der Waals surface area contributed by atoms with Gasteiger partial charge in [-0.15, -0.1) is 0 Å². The molecule has 5 amide bonds. The molecule has 0 aromatic rings. The summed E-state index contributed by atoms with van der Waals surface area (Å²) >= 11 is 0. The third-order valence-corrected chi connectivity index (χ3v) is 7.36. The van der Waals surface area contributed by atoms with Gasteiger partial charge in [-0.05, 0) is 59.3 Å². The molecule has 0 bridgehead atoms. The Balaban J connectivity index is 5.69. The molecule has 55 heavy (non-hydrogen) atoms. The number of carboxylic acids is 4. The molecule has 0 spiro atoms. The van der Waals surface area contributed by atoms with E-state index in [1.165, 1.54) is 20.8 Å². The van der Waals surface area contributed by atoms with E-state index in [9.17, 15) is 63.9 Å². The van der Waals surface area contributed by atoms with Crippen molar-refractivity contribution in [2.45, 2.75) is 96.7 Å². The van der Waals surface area contributed by atoms with Gasteiger partial charge in [0.25, 0.3) is 17.7 Å². The minimum absolute atomic E-state index is 0.0315. The molecule has 0 aromatic heterocycles. The van der Waals surface area contributed by atoms with Crippen LogP contribution in [0.4, 0.5) is 0 Å². The molecule has 3 unspecified atom stereocenters. The molecule has 0 saturated carbocycles. The van der Waals surface area contributed by atoms with Gasteiger partial charge in [-0.3, -0.25) is 54.0 Å². The minimum atomic E-state index is -1.60. The van der Waals surface area contributed by atoms with Crippen LogP contribution in [0.25, 0.3) is 0 Å². The second-order valence-electron chi connectivity index (χ2n) is 12.6. The molecule has 0 fully saturated rings. The van der Waals surface area contributed by atoms with Gasteiger partial charge >= 0.3 is 23.9 Å². The summed E-state index contributed by atoms with van der Waals surface area (Å²) < 4.78 is 0. The van der Waals surface area contributed by atoms with E-state index in [0.29, 0.717) is 5.06 Å². The number of nitrogens with two attached hydrogens (primary N) is 1. The van der Waals surface area contributed by atoms with E-state index < -0.39 is 104 Å². The fourth-order valence-corrected chi connectivity index (χ4v) is 4.61. The maximum atomic E-state index is 13.3. The largest absolute Gasteiger partial charge is 0.481 e. The zero-order chi connectivity index (χ0) is 42.4. The van der Waals surface area contributed by atoms with Crippen LogP contribution in [-0.2, 0) is 43.2 Å². The Hall–Kier alpha value is -5.71. The van der Waals surface area contributed by atoms with Crippen LogP contribution in [0.5, 0.6) is 0 Å². The van der Waals surface area contributed by atoms with E-state index in [1.54, 1.807) is 0 Å². The number of carbonyl (C=O) groups excluding carboxylic acids is 5. The molecular formula is C33H50N6O16. The van der Waals surface area contributed by atoms with Crippen molar-refractivity contribution < 1.29 is 79.2 Å². The van der Waals surface area contributed by atoms with E-state index in [-0.39, 0.29) is 71.9 Å². The molecule has 22 nitrogen and oxygen atoms in total. The summed E-state index contributed by atoms with van der Waals surface area (Å²) in [5, 5.41) is 71.6. The molecule has 0 aliphatic rings. The van der Waals surface area contributed by atoms with Gasteiger partial charge in [-0.1, -0.05) is 16.7 Å². The highest BCUT2D eigenvalue weighted by atomic mass is 16.5. The van der Waals surface area contributed by atoms with Crippen LogP contribution in [-0.4, -0.2) is 142 Å². The molecular weight excluding hydrogens is 736 g/mol. The average molecular weight is 787 g/mol. The highest BCUT2D eigenvalue weighted by Gasteiger charge is 2.28. The molecule has 0 aliphatic heterocycles. The molecule has 308 valence electrons. The van der Waals surface area contributed by atoms with Crippen LogP contribution in [0.15, 0.2) is 34.9 Å². The first-order chi connectivity index (χ1) is 25.5. The lowest BCUT2D eigenvalue weighted by atomic mass is 10.1. The number of carboxylic acid groups (broad SMARTS) is 4. The summed E-state index contributed by atoms with van der Waals surface area (Å²) in [6.07, 6.45) is 0.236. The molecule has 3 atom stereocenters. The van der Waals surface area contributed by atoms with Crippen molar-refractivity contribution >= 4 is 53.4 Å². The maximum absolute atomic E-state index is 13.3. The van der Waals surface area contributed by atoms with Crippen molar-refractivity contribution in [1.82, 2.24) is 25.8 Å². The van der Waals surface area contributed by atoms with Crippen LogP contribution in [0.1, 0.15) is 78.6 Å². The predicted molar refractivity (Wildman–Crippen MR) is 186 cm³/mol. The lowest BCUT2D eigenvalue weighted by molar-refractivity contribution is -0.160. The van der Waals surface area contributed by atoms with Crippen molar-refractivity contribution in [3.05, 3.63) is 34.9 Å². The molecule has 0 heterocycles. The van der Waals surface area contributed by atoms with Crippen LogP contribution < -0.4 is 16.4 Å². The second kappa shape index (κ2) is 25.3. The quantitative estimate of drug-likeness (QED) is 0.0303. The van der Waals surface area contributed by atoms with E-state index in [0.717, 1.165) is 18.2 Å². The Kier molecular flexibility index (Phi) is 22.7. The lowest BCUT2D eigenvalue weighted by Crippen LogP contribution is -2.54. The Morgan fingerprint density at radius 2 is 0.836 bits per heavy atom. The number of rotatable bonds is 26. The van der Waals surface area contributed by atoms with Gasteiger partial charge < -0.3 is 36.8 Å². The lowest BCUT2D eigenvalue weighted by Gasteiger charge is -2.24. The molecule has 0 saturated heterocycles.